The fraction of sp³-hybridized carbons (Fsp3) is 0.600. The molecule has 6 heteroatoms. The van der Waals surface area contributed by atoms with Gasteiger partial charge in [0, 0.05) is 26.8 Å². The fourth-order valence-corrected chi connectivity index (χ4v) is 2.40. The highest BCUT2D eigenvalue weighted by Gasteiger charge is 2.41. The highest BCUT2D eigenvalue weighted by atomic mass is 19.4. The molecule has 0 aliphatic heterocycles. The van der Waals surface area contributed by atoms with Crippen molar-refractivity contribution >= 4 is 0 Å². The Labute approximate surface area is 121 Å². The van der Waals surface area contributed by atoms with E-state index in [1.54, 1.807) is 7.11 Å². The van der Waals surface area contributed by atoms with Gasteiger partial charge < -0.3 is 10.1 Å². The monoisotopic (exact) mass is 305 g/mol. The number of methoxy groups -OCH3 is 1. The molecule has 0 heterocycles. The summed E-state index contributed by atoms with van der Waals surface area (Å²) in [6.45, 7) is 1.63. The van der Waals surface area contributed by atoms with E-state index in [1.807, 2.05) is 0 Å². The van der Waals surface area contributed by atoms with Crippen molar-refractivity contribution in [3.63, 3.8) is 0 Å². The lowest BCUT2D eigenvalue weighted by molar-refractivity contribution is -0.137. The molecule has 2 nitrogen and oxygen atoms in total. The first-order valence-corrected chi connectivity index (χ1v) is 6.91. The van der Waals surface area contributed by atoms with E-state index < -0.39 is 17.6 Å². The summed E-state index contributed by atoms with van der Waals surface area (Å²) in [5.74, 6) is -0.859. The van der Waals surface area contributed by atoms with Crippen LogP contribution in [0.3, 0.4) is 0 Å². The molecule has 0 bridgehead atoms. The van der Waals surface area contributed by atoms with Gasteiger partial charge in [-0.1, -0.05) is 0 Å². The molecule has 118 valence electrons. The van der Waals surface area contributed by atoms with Crippen LogP contribution < -0.4 is 5.32 Å². The summed E-state index contributed by atoms with van der Waals surface area (Å²) in [6, 6.07) is 2.65. The number of hydrogen-bond donors (Lipinski definition) is 1. The molecule has 21 heavy (non-hydrogen) atoms. The van der Waals surface area contributed by atoms with Crippen LogP contribution in [0, 0.1) is 11.2 Å². The summed E-state index contributed by atoms with van der Waals surface area (Å²) in [7, 11) is 1.65. The molecular formula is C15H19F4NO. The SMILES string of the molecule is COCCC1(CNCc2cc(F)cc(C(F)(F)F)c2)CC1. The van der Waals surface area contributed by atoms with Gasteiger partial charge in [-0.2, -0.15) is 13.2 Å². The Balaban J connectivity index is 1.90. The van der Waals surface area contributed by atoms with E-state index in [4.69, 9.17) is 4.74 Å². The molecule has 0 saturated heterocycles. The molecule has 0 unspecified atom stereocenters. The highest BCUT2D eigenvalue weighted by Crippen LogP contribution is 2.48. The summed E-state index contributed by atoms with van der Waals surface area (Å²) in [5, 5.41) is 3.13. The molecule has 2 rings (SSSR count). The van der Waals surface area contributed by atoms with Gasteiger partial charge in [-0.25, -0.2) is 4.39 Å². The Morgan fingerprint density at radius 2 is 1.95 bits per heavy atom. The Hall–Kier alpha value is -1.14. The maximum atomic E-state index is 13.3. The van der Waals surface area contributed by atoms with Gasteiger partial charge in [0.25, 0.3) is 0 Å². The minimum Gasteiger partial charge on any atom is -0.385 e. The Morgan fingerprint density at radius 1 is 1.24 bits per heavy atom. The molecule has 0 atom stereocenters. The van der Waals surface area contributed by atoms with Crippen molar-refractivity contribution in [1.82, 2.24) is 5.32 Å². The van der Waals surface area contributed by atoms with Crippen LogP contribution in [-0.2, 0) is 17.5 Å². The number of alkyl halides is 3. The number of ether oxygens (including phenoxy) is 1. The lowest BCUT2D eigenvalue weighted by Gasteiger charge is -2.16. The second kappa shape index (κ2) is 6.32. The van der Waals surface area contributed by atoms with E-state index >= 15 is 0 Å². The lowest BCUT2D eigenvalue weighted by atomic mass is 10.0. The molecule has 1 fully saturated rings. The zero-order chi connectivity index (χ0) is 15.5. The highest BCUT2D eigenvalue weighted by molar-refractivity contribution is 5.26. The van der Waals surface area contributed by atoms with E-state index in [2.05, 4.69) is 5.32 Å². The minimum atomic E-state index is -4.52. The van der Waals surface area contributed by atoms with Crippen LogP contribution in [0.1, 0.15) is 30.4 Å². The van der Waals surface area contributed by atoms with Crippen molar-refractivity contribution in [1.29, 1.82) is 0 Å². The Morgan fingerprint density at radius 3 is 2.52 bits per heavy atom. The minimum absolute atomic E-state index is 0.205. The van der Waals surface area contributed by atoms with Crippen molar-refractivity contribution < 1.29 is 22.3 Å². The lowest BCUT2D eigenvalue weighted by Crippen LogP contribution is -2.25. The van der Waals surface area contributed by atoms with Crippen molar-refractivity contribution in [2.45, 2.75) is 32.0 Å². The molecule has 1 aromatic carbocycles. The first kappa shape index (κ1) is 16.2. The van der Waals surface area contributed by atoms with E-state index in [0.29, 0.717) is 24.8 Å². The quantitative estimate of drug-likeness (QED) is 0.775. The molecule has 0 aromatic heterocycles. The number of nitrogens with one attached hydrogen (secondary N) is 1. The Kier molecular flexibility index (Phi) is 4.88. The average molecular weight is 305 g/mol. The van der Waals surface area contributed by atoms with Crippen LogP contribution in [0.15, 0.2) is 18.2 Å². The van der Waals surface area contributed by atoms with Gasteiger partial charge in [0.15, 0.2) is 0 Å². The third-order valence-electron chi connectivity index (χ3n) is 3.91. The fourth-order valence-electron chi connectivity index (χ4n) is 2.40. The van der Waals surface area contributed by atoms with Crippen LogP contribution in [0.4, 0.5) is 17.6 Å². The first-order valence-electron chi connectivity index (χ1n) is 6.91. The van der Waals surface area contributed by atoms with E-state index in [-0.39, 0.29) is 12.0 Å². The molecule has 0 radical (unpaired) electrons. The second-order valence-electron chi connectivity index (χ2n) is 5.69. The van der Waals surface area contributed by atoms with Crippen LogP contribution in [0.2, 0.25) is 0 Å². The van der Waals surface area contributed by atoms with Gasteiger partial charge in [0.05, 0.1) is 5.56 Å². The van der Waals surface area contributed by atoms with Crippen LogP contribution in [0.25, 0.3) is 0 Å². The van der Waals surface area contributed by atoms with Crippen LogP contribution in [0.5, 0.6) is 0 Å². The number of benzene rings is 1. The molecule has 1 aliphatic carbocycles. The zero-order valence-electron chi connectivity index (χ0n) is 11.9. The topological polar surface area (TPSA) is 21.3 Å². The third kappa shape index (κ3) is 4.68. The van der Waals surface area contributed by atoms with Gasteiger partial charge in [-0.05, 0) is 48.4 Å². The smallest absolute Gasteiger partial charge is 0.385 e. The molecule has 1 saturated carbocycles. The van der Waals surface area contributed by atoms with Crippen molar-refractivity contribution in [3.8, 4) is 0 Å². The first-order chi connectivity index (χ1) is 9.85. The van der Waals surface area contributed by atoms with E-state index in [0.717, 1.165) is 31.4 Å². The maximum absolute atomic E-state index is 13.3. The molecule has 1 N–H and O–H groups in total. The number of hydrogen-bond acceptors (Lipinski definition) is 2. The number of rotatable bonds is 7. The third-order valence-corrected chi connectivity index (χ3v) is 3.91. The van der Waals surface area contributed by atoms with Crippen LogP contribution >= 0.6 is 0 Å². The van der Waals surface area contributed by atoms with Crippen LogP contribution in [-0.4, -0.2) is 20.3 Å². The molecule has 0 spiro atoms. The van der Waals surface area contributed by atoms with Crippen molar-refractivity contribution in [2.24, 2.45) is 5.41 Å². The predicted molar refractivity (Wildman–Crippen MR) is 71.3 cm³/mol. The summed E-state index contributed by atoms with van der Waals surface area (Å²) in [4.78, 5) is 0. The van der Waals surface area contributed by atoms with Crippen molar-refractivity contribution in [2.75, 3.05) is 20.3 Å². The summed E-state index contributed by atoms with van der Waals surface area (Å²) in [5.41, 5.74) is -0.430. The van der Waals surface area contributed by atoms with E-state index in [9.17, 15) is 17.6 Å². The van der Waals surface area contributed by atoms with Gasteiger partial charge in [-0.3, -0.25) is 0 Å². The number of halogens is 4. The zero-order valence-corrected chi connectivity index (χ0v) is 11.9. The normalized spacial score (nSPS) is 17.0. The Bertz CT molecular complexity index is 483. The second-order valence-corrected chi connectivity index (χ2v) is 5.69. The van der Waals surface area contributed by atoms with Gasteiger partial charge in [0.1, 0.15) is 5.82 Å². The van der Waals surface area contributed by atoms with E-state index in [1.165, 1.54) is 0 Å². The van der Waals surface area contributed by atoms with Gasteiger partial charge in [0.2, 0.25) is 0 Å². The van der Waals surface area contributed by atoms with Crippen molar-refractivity contribution in [3.05, 3.63) is 35.1 Å². The van der Waals surface area contributed by atoms with Gasteiger partial charge >= 0.3 is 6.18 Å². The maximum Gasteiger partial charge on any atom is 0.416 e. The predicted octanol–water partition coefficient (Wildman–Crippen LogP) is 3.75. The molecule has 1 aromatic rings. The summed E-state index contributed by atoms with van der Waals surface area (Å²) < 4.78 is 56.1. The molecule has 1 aliphatic rings. The summed E-state index contributed by atoms with van der Waals surface area (Å²) >= 11 is 0. The molecular weight excluding hydrogens is 286 g/mol. The standard InChI is InChI=1S/C15H19F4NO/c1-21-5-4-14(2-3-14)10-20-9-11-6-12(15(17,18)19)8-13(16)7-11/h6-8,20H,2-5,9-10H2,1H3. The average Bonchev–Trinajstić information content (AvgIpc) is 3.15. The largest absolute Gasteiger partial charge is 0.416 e. The molecule has 0 amide bonds. The van der Waals surface area contributed by atoms with Gasteiger partial charge in [-0.15, -0.1) is 0 Å². The summed E-state index contributed by atoms with van der Waals surface area (Å²) in [6.07, 6.45) is -1.39.